The van der Waals surface area contributed by atoms with E-state index in [0.29, 0.717) is 11.5 Å². The summed E-state index contributed by atoms with van der Waals surface area (Å²) in [6, 6.07) is 10.1. The van der Waals surface area contributed by atoms with Crippen LogP contribution in [0.4, 0.5) is 17.2 Å². The van der Waals surface area contributed by atoms with Crippen LogP contribution in [0.15, 0.2) is 47.2 Å². The van der Waals surface area contributed by atoms with Crippen LogP contribution in [0.2, 0.25) is 5.02 Å². The molecule has 8 heteroatoms. The second-order valence-corrected chi connectivity index (χ2v) is 5.75. The van der Waals surface area contributed by atoms with Crippen molar-refractivity contribution in [3.05, 3.63) is 62.3 Å². The maximum atomic E-state index is 10.9. The molecule has 1 heterocycles. The van der Waals surface area contributed by atoms with Crippen LogP contribution in [-0.4, -0.2) is 14.9 Å². The number of nitro benzene ring substituents is 1. The van der Waals surface area contributed by atoms with E-state index in [-0.39, 0.29) is 10.7 Å². The van der Waals surface area contributed by atoms with Gasteiger partial charge >= 0.3 is 0 Å². The second-order valence-electron chi connectivity index (χ2n) is 4.43. The van der Waals surface area contributed by atoms with E-state index >= 15 is 0 Å². The quantitative estimate of drug-likeness (QED) is 0.527. The molecule has 0 spiro atoms. The topological polar surface area (TPSA) is 81.0 Å². The van der Waals surface area contributed by atoms with Crippen molar-refractivity contribution >= 4 is 55.6 Å². The highest BCUT2D eigenvalue weighted by Crippen LogP contribution is 2.30. The van der Waals surface area contributed by atoms with Gasteiger partial charge < -0.3 is 5.32 Å². The molecule has 0 saturated carbocycles. The molecule has 110 valence electrons. The molecule has 0 amide bonds. The highest BCUT2D eigenvalue weighted by Gasteiger charge is 2.13. The Morgan fingerprint density at radius 3 is 2.77 bits per heavy atom. The van der Waals surface area contributed by atoms with Crippen molar-refractivity contribution in [3.8, 4) is 0 Å². The summed E-state index contributed by atoms with van der Waals surface area (Å²) in [5.41, 5.74) is 1.13. The normalized spacial score (nSPS) is 10.6. The first kappa shape index (κ1) is 14.7. The number of rotatable bonds is 3. The van der Waals surface area contributed by atoms with E-state index in [0.717, 1.165) is 15.4 Å². The Balaban J connectivity index is 2.05. The number of nitro groups is 1. The number of nitrogens with one attached hydrogen (secondary N) is 1. The summed E-state index contributed by atoms with van der Waals surface area (Å²) in [5, 5.41) is 14.9. The van der Waals surface area contributed by atoms with Gasteiger partial charge in [0.1, 0.15) is 17.2 Å². The zero-order valence-electron chi connectivity index (χ0n) is 11.0. The highest BCUT2D eigenvalue weighted by atomic mass is 79.9. The maximum absolute atomic E-state index is 10.9. The number of fused-ring (bicyclic) bond motifs is 1. The van der Waals surface area contributed by atoms with Gasteiger partial charge in [0.05, 0.1) is 10.4 Å². The second kappa shape index (κ2) is 5.86. The smallest absolute Gasteiger partial charge is 0.289 e. The Morgan fingerprint density at radius 2 is 2.00 bits per heavy atom. The molecular formula is C14H8BrClN4O2. The average molecular weight is 380 g/mol. The van der Waals surface area contributed by atoms with Gasteiger partial charge in [0.25, 0.3) is 5.69 Å². The molecule has 0 aliphatic heterocycles. The standard InChI is InChI=1S/C14H8BrClN4O2/c15-8-1-4-12-10(5-8)14(18-7-17-12)19-9-2-3-11(16)13(6-9)20(21)22/h1-7H,(H,17,18,19). The van der Waals surface area contributed by atoms with Crippen LogP contribution in [0.5, 0.6) is 0 Å². The van der Waals surface area contributed by atoms with Crippen LogP contribution in [0.25, 0.3) is 10.9 Å². The Bertz CT molecular complexity index is 888. The van der Waals surface area contributed by atoms with Gasteiger partial charge in [0, 0.05) is 21.6 Å². The molecule has 6 nitrogen and oxygen atoms in total. The van der Waals surface area contributed by atoms with Crippen molar-refractivity contribution in [1.82, 2.24) is 9.97 Å². The first-order valence-electron chi connectivity index (χ1n) is 6.16. The fourth-order valence-electron chi connectivity index (χ4n) is 2.00. The summed E-state index contributed by atoms with van der Waals surface area (Å²) in [6.07, 6.45) is 1.43. The van der Waals surface area contributed by atoms with Crippen LogP contribution in [0, 0.1) is 10.1 Å². The average Bonchev–Trinajstić information content (AvgIpc) is 2.49. The molecule has 0 unspecified atom stereocenters. The van der Waals surface area contributed by atoms with Crippen molar-refractivity contribution in [2.45, 2.75) is 0 Å². The molecule has 0 bridgehead atoms. The van der Waals surface area contributed by atoms with Gasteiger partial charge in [-0.1, -0.05) is 27.5 Å². The van der Waals surface area contributed by atoms with Crippen molar-refractivity contribution < 1.29 is 4.92 Å². The van der Waals surface area contributed by atoms with Crippen LogP contribution in [0.1, 0.15) is 0 Å². The van der Waals surface area contributed by atoms with Crippen LogP contribution >= 0.6 is 27.5 Å². The highest BCUT2D eigenvalue weighted by molar-refractivity contribution is 9.10. The Morgan fingerprint density at radius 1 is 1.18 bits per heavy atom. The van der Waals surface area contributed by atoms with Gasteiger partial charge in [-0.15, -0.1) is 0 Å². The fraction of sp³-hybridized carbons (Fsp3) is 0. The molecule has 0 saturated heterocycles. The third-order valence-corrected chi connectivity index (χ3v) is 3.82. The van der Waals surface area contributed by atoms with Gasteiger partial charge in [-0.3, -0.25) is 10.1 Å². The zero-order chi connectivity index (χ0) is 15.7. The predicted octanol–water partition coefficient (Wildman–Crippen LogP) is 4.70. The third-order valence-electron chi connectivity index (χ3n) is 3.00. The lowest BCUT2D eigenvalue weighted by Gasteiger charge is -2.09. The van der Waals surface area contributed by atoms with Crippen LogP contribution < -0.4 is 5.32 Å². The summed E-state index contributed by atoms with van der Waals surface area (Å²) in [7, 11) is 0. The van der Waals surface area contributed by atoms with Gasteiger partial charge in [-0.05, 0) is 30.3 Å². The Kier molecular flexibility index (Phi) is 3.91. The zero-order valence-corrected chi connectivity index (χ0v) is 13.3. The number of aromatic nitrogens is 2. The van der Waals surface area contributed by atoms with E-state index < -0.39 is 4.92 Å². The maximum Gasteiger partial charge on any atom is 0.289 e. The lowest BCUT2D eigenvalue weighted by molar-refractivity contribution is -0.384. The fourth-order valence-corrected chi connectivity index (χ4v) is 2.54. The summed E-state index contributed by atoms with van der Waals surface area (Å²) >= 11 is 9.21. The largest absolute Gasteiger partial charge is 0.339 e. The number of hydrogen-bond acceptors (Lipinski definition) is 5. The summed E-state index contributed by atoms with van der Waals surface area (Å²) in [5.74, 6) is 0.558. The molecule has 0 fully saturated rings. The van der Waals surface area contributed by atoms with Crippen molar-refractivity contribution in [2.24, 2.45) is 0 Å². The van der Waals surface area contributed by atoms with Crippen LogP contribution in [0.3, 0.4) is 0 Å². The molecule has 0 aliphatic rings. The van der Waals surface area contributed by atoms with Gasteiger partial charge in [-0.2, -0.15) is 0 Å². The lowest BCUT2D eigenvalue weighted by atomic mass is 10.2. The van der Waals surface area contributed by atoms with E-state index in [1.165, 1.54) is 18.5 Å². The molecule has 1 aromatic heterocycles. The van der Waals surface area contributed by atoms with E-state index in [4.69, 9.17) is 11.6 Å². The number of benzene rings is 2. The predicted molar refractivity (Wildman–Crippen MR) is 88.6 cm³/mol. The monoisotopic (exact) mass is 378 g/mol. The first-order valence-corrected chi connectivity index (χ1v) is 7.33. The Labute approximate surface area is 138 Å². The number of halogens is 2. The van der Waals surface area contributed by atoms with E-state index in [1.807, 2.05) is 18.2 Å². The van der Waals surface area contributed by atoms with Crippen molar-refractivity contribution in [2.75, 3.05) is 5.32 Å². The molecule has 0 radical (unpaired) electrons. The molecule has 3 aromatic rings. The van der Waals surface area contributed by atoms with Gasteiger partial charge in [-0.25, -0.2) is 9.97 Å². The van der Waals surface area contributed by atoms with E-state index in [1.54, 1.807) is 6.07 Å². The van der Waals surface area contributed by atoms with Crippen molar-refractivity contribution in [1.29, 1.82) is 0 Å². The number of nitrogens with zero attached hydrogens (tertiary/aromatic N) is 3. The molecule has 1 N–H and O–H groups in total. The summed E-state index contributed by atoms with van der Waals surface area (Å²) < 4.78 is 0.889. The molecule has 0 aliphatic carbocycles. The minimum atomic E-state index is -0.526. The molecule has 3 rings (SSSR count). The van der Waals surface area contributed by atoms with Crippen LogP contribution in [-0.2, 0) is 0 Å². The summed E-state index contributed by atoms with van der Waals surface area (Å²) in [4.78, 5) is 18.8. The first-order chi connectivity index (χ1) is 10.5. The Hall–Kier alpha value is -2.25. The number of anilines is 2. The SMILES string of the molecule is O=[N+]([O-])c1cc(Nc2ncnc3ccc(Br)cc23)ccc1Cl. The lowest BCUT2D eigenvalue weighted by Crippen LogP contribution is -1.97. The van der Waals surface area contributed by atoms with Gasteiger partial charge in [0.2, 0.25) is 0 Å². The summed E-state index contributed by atoms with van der Waals surface area (Å²) in [6.45, 7) is 0. The molecule has 22 heavy (non-hydrogen) atoms. The minimum Gasteiger partial charge on any atom is -0.339 e. The third kappa shape index (κ3) is 2.86. The minimum absolute atomic E-state index is 0.0887. The number of hydrogen-bond donors (Lipinski definition) is 1. The van der Waals surface area contributed by atoms with Gasteiger partial charge in [0.15, 0.2) is 0 Å². The molecular weight excluding hydrogens is 372 g/mol. The van der Waals surface area contributed by atoms with E-state index in [9.17, 15) is 10.1 Å². The van der Waals surface area contributed by atoms with Crippen molar-refractivity contribution in [3.63, 3.8) is 0 Å². The molecule has 0 atom stereocenters. The molecule has 2 aromatic carbocycles. The van der Waals surface area contributed by atoms with E-state index in [2.05, 4.69) is 31.2 Å².